The molecule has 0 atom stereocenters. The predicted molar refractivity (Wildman–Crippen MR) is 59.1 cm³/mol. The topological polar surface area (TPSA) is 39.2 Å². The smallest absolute Gasteiger partial charge is 0.310 e. The molecule has 1 aromatic rings. The van der Waals surface area contributed by atoms with Gasteiger partial charge in [-0.1, -0.05) is 0 Å². The Kier molecular flexibility index (Phi) is 5.28. The fraction of sp³-hybridized carbons (Fsp3) is 0.455. The summed E-state index contributed by atoms with van der Waals surface area (Å²) in [4.78, 5) is 15.0. The van der Waals surface area contributed by atoms with Crippen LogP contribution in [-0.2, 0) is 21.8 Å². The van der Waals surface area contributed by atoms with Crippen molar-refractivity contribution in [2.45, 2.75) is 25.7 Å². The Morgan fingerprint density at radius 3 is 2.82 bits per heavy atom. The normalized spacial score (nSPS) is 10.6. The van der Waals surface area contributed by atoms with Crippen molar-refractivity contribution in [2.24, 2.45) is 0 Å². The van der Waals surface area contributed by atoms with E-state index in [0.29, 0.717) is 5.56 Å². The second-order valence-electron chi connectivity index (χ2n) is 3.30. The first-order valence-corrected chi connectivity index (χ1v) is 5.59. The van der Waals surface area contributed by atoms with Gasteiger partial charge in [0.15, 0.2) is 0 Å². The van der Waals surface area contributed by atoms with Crippen molar-refractivity contribution in [3.8, 4) is 0 Å². The molecular weight excluding hydrogens is 252 g/mol. The van der Waals surface area contributed by atoms with Crippen LogP contribution < -0.4 is 0 Å². The van der Waals surface area contributed by atoms with E-state index in [4.69, 9.17) is 16.3 Å². The molecule has 0 aromatic carbocycles. The Morgan fingerprint density at radius 1 is 1.59 bits per heavy atom. The van der Waals surface area contributed by atoms with Gasteiger partial charge in [-0.05, 0) is 18.6 Å². The van der Waals surface area contributed by atoms with E-state index in [-0.39, 0.29) is 30.2 Å². The maximum atomic E-state index is 12.7. The van der Waals surface area contributed by atoms with Gasteiger partial charge in [0.1, 0.15) is 0 Å². The van der Waals surface area contributed by atoms with Gasteiger partial charge in [0, 0.05) is 11.8 Å². The molecule has 0 fully saturated rings. The highest BCUT2D eigenvalue weighted by atomic mass is 35.5. The van der Waals surface area contributed by atoms with Gasteiger partial charge in [0.2, 0.25) is 0 Å². The molecule has 0 radical (unpaired) electrons. The van der Waals surface area contributed by atoms with Crippen LogP contribution in [0.4, 0.5) is 8.78 Å². The summed E-state index contributed by atoms with van der Waals surface area (Å²) in [7, 11) is 0. The van der Waals surface area contributed by atoms with Crippen molar-refractivity contribution in [3.05, 3.63) is 29.1 Å². The molecule has 0 spiro atoms. The number of carbonyl (C=O) groups is 1. The summed E-state index contributed by atoms with van der Waals surface area (Å²) >= 11 is 5.50. The number of nitrogens with zero attached hydrogens (tertiary/aromatic N) is 1. The average molecular weight is 264 g/mol. The molecule has 0 aliphatic carbocycles. The maximum absolute atomic E-state index is 12.7. The number of halogens is 3. The molecule has 0 N–H and O–H groups in total. The number of hydrogen-bond donors (Lipinski definition) is 0. The molecule has 6 heteroatoms. The summed E-state index contributed by atoms with van der Waals surface area (Å²) in [6.07, 6.45) is -1.36. The van der Waals surface area contributed by atoms with E-state index < -0.39 is 12.4 Å². The molecule has 1 aromatic heterocycles. The third-order valence-corrected chi connectivity index (χ3v) is 2.33. The summed E-state index contributed by atoms with van der Waals surface area (Å²) < 4.78 is 30.1. The molecule has 0 bridgehead atoms. The number of esters is 1. The summed E-state index contributed by atoms with van der Waals surface area (Å²) in [5.74, 6) is -0.549. The molecule has 17 heavy (non-hydrogen) atoms. The Balaban J connectivity index is 2.88. The number of hydrogen-bond acceptors (Lipinski definition) is 3. The van der Waals surface area contributed by atoms with Crippen LogP contribution in [-0.4, -0.2) is 17.6 Å². The first kappa shape index (κ1) is 13.8. The average Bonchev–Trinajstić information content (AvgIpc) is 2.29. The van der Waals surface area contributed by atoms with Crippen LogP contribution in [0.2, 0.25) is 0 Å². The standard InChI is InChI=1S/C11H12ClF2NO2/c1-2-17-10(16)4-7-3-8(11(13)14)9(5-12)15-6-7/h3,6,11H,2,4-5H2,1H3. The molecule has 1 rings (SSSR count). The number of ether oxygens (including phenoxy) is 1. The zero-order chi connectivity index (χ0) is 12.8. The van der Waals surface area contributed by atoms with Crippen molar-refractivity contribution in [1.29, 1.82) is 0 Å². The minimum atomic E-state index is -2.65. The SMILES string of the molecule is CCOC(=O)Cc1cnc(CCl)c(C(F)F)c1. The van der Waals surface area contributed by atoms with Gasteiger partial charge in [-0.2, -0.15) is 0 Å². The van der Waals surface area contributed by atoms with Crippen LogP contribution in [0.1, 0.15) is 30.2 Å². The lowest BCUT2D eigenvalue weighted by Gasteiger charge is -2.08. The first-order chi connectivity index (χ1) is 8.08. The van der Waals surface area contributed by atoms with Gasteiger partial charge in [-0.3, -0.25) is 9.78 Å². The number of aromatic nitrogens is 1. The lowest BCUT2D eigenvalue weighted by Crippen LogP contribution is -2.09. The Labute approximate surface area is 103 Å². The van der Waals surface area contributed by atoms with E-state index in [1.807, 2.05) is 0 Å². The lowest BCUT2D eigenvalue weighted by molar-refractivity contribution is -0.142. The number of rotatable bonds is 5. The van der Waals surface area contributed by atoms with E-state index >= 15 is 0 Å². The summed E-state index contributed by atoms with van der Waals surface area (Å²) in [6, 6.07) is 1.24. The molecule has 0 saturated carbocycles. The molecule has 3 nitrogen and oxygen atoms in total. The van der Waals surface area contributed by atoms with Gasteiger partial charge < -0.3 is 4.74 Å². The van der Waals surface area contributed by atoms with Gasteiger partial charge in [0.25, 0.3) is 6.43 Å². The summed E-state index contributed by atoms with van der Waals surface area (Å²) in [6.45, 7) is 1.94. The Bertz CT molecular complexity index is 399. The van der Waals surface area contributed by atoms with Crippen molar-refractivity contribution in [2.75, 3.05) is 6.61 Å². The fourth-order valence-corrected chi connectivity index (χ4v) is 1.55. The highest BCUT2D eigenvalue weighted by Gasteiger charge is 2.15. The van der Waals surface area contributed by atoms with Crippen LogP contribution >= 0.6 is 11.6 Å². The van der Waals surface area contributed by atoms with Crippen molar-refractivity contribution in [3.63, 3.8) is 0 Å². The third-order valence-electron chi connectivity index (χ3n) is 2.08. The molecule has 0 saturated heterocycles. The van der Waals surface area contributed by atoms with Gasteiger partial charge >= 0.3 is 5.97 Å². The number of alkyl halides is 3. The van der Waals surface area contributed by atoms with Crippen LogP contribution in [0.25, 0.3) is 0 Å². The maximum Gasteiger partial charge on any atom is 0.310 e. The van der Waals surface area contributed by atoms with Crippen molar-refractivity contribution >= 4 is 17.6 Å². The molecule has 0 unspecified atom stereocenters. The zero-order valence-corrected chi connectivity index (χ0v) is 10.0. The van der Waals surface area contributed by atoms with Crippen LogP contribution in [0.5, 0.6) is 0 Å². The monoisotopic (exact) mass is 263 g/mol. The molecular formula is C11H12ClF2NO2. The molecule has 0 aliphatic rings. The minimum Gasteiger partial charge on any atom is -0.466 e. The third kappa shape index (κ3) is 3.93. The number of pyridine rings is 1. The highest BCUT2D eigenvalue weighted by molar-refractivity contribution is 6.17. The summed E-state index contributed by atoms with van der Waals surface area (Å²) in [5.41, 5.74) is 0.295. The second-order valence-corrected chi connectivity index (χ2v) is 3.56. The second kappa shape index (κ2) is 6.49. The number of carbonyl (C=O) groups excluding carboxylic acids is 1. The van der Waals surface area contributed by atoms with E-state index in [9.17, 15) is 13.6 Å². The first-order valence-electron chi connectivity index (χ1n) is 5.05. The zero-order valence-electron chi connectivity index (χ0n) is 9.25. The summed E-state index contributed by atoms with van der Waals surface area (Å²) in [5, 5.41) is 0. The molecule has 0 amide bonds. The van der Waals surface area contributed by atoms with Crippen molar-refractivity contribution in [1.82, 2.24) is 4.98 Å². The van der Waals surface area contributed by atoms with Crippen LogP contribution in [0.15, 0.2) is 12.3 Å². The molecule has 0 aliphatic heterocycles. The largest absolute Gasteiger partial charge is 0.466 e. The molecule has 94 valence electrons. The Hall–Kier alpha value is -1.23. The van der Waals surface area contributed by atoms with E-state index in [2.05, 4.69) is 4.98 Å². The molecule has 1 heterocycles. The van der Waals surface area contributed by atoms with E-state index in [1.165, 1.54) is 12.3 Å². The highest BCUT2D eigenvalue weighted by Crippen LogP contribution is 2.24. The van der Waals surface area contributed by atoms with Crippen LogP contribution in [0, 0.1) is 0 Å². The fourth-order valence-electron chi connectivity index (χ4n) is 1.33. The predicted octanol–water partition coefficient (Wildman–Crippen LogP) is 2.86. The van der Waals surface area contributed by atoms with Crippen molar-refractivity contribution < 1.29 is 18.3 Å². The minimum absolute atomic E-state index is 0.0663. The van der Waals surface area contributed by atoms with E-state index in [1.54, 1.807) is 6.92 Å². The Morgan fingerprint density at radius 2 is 2.29 bits per heavy atom. The van der Waals surface area contributed by atoms with Gasteiger partial charge in [0.05, 0.1) is 24.6 Å². The van der Waals surface area contributed by atoms with E-state index in [0.717, 1.165) is 0 Å². The lowest BCUT2D eigenvalue weighted by atomic mass is 10.1. The van der Waals surface area contributed by atoms with Gasteiger partial charge in [-0.15, -0.1) is 11.6 Å². The van der Waals surface area contributed by atoms with Crippen LogP contribution in [0.3, 0.4) is 0 Å². The van der Waals surface area contributed by atoms with Gasteiger partial charge in [-0.25, -0.2) is 8.78 Å². The quantitative estimate of drug-likeness (QED) is 0.606.